The van der Waals surface area contributed by atoms with Crippen LogP contribution in [0.1, 0.15) is 12.5 Å². The first kappa shape index (κ1) is 22.9. The number of nitrogens with zero attached hydrogens (tertiary/aromatic N) is 3. The van der Waals surface area contributed by atoms with Crippen LogP contribution < -0.4 is 10.6 Å². The lowest BCUT2D eigenvalue weighted by Crippen LogP contribution is -2.44. The highest BCUT2D eigenvalue weighted by molar-refractivity contribution is 7.99. The van der Waals surface area contributed by atoms with Crippen LogP contribution in [0.5, 0.6) is 0 Å². The van der Waals surface area contributed by atoms with Crippen molar-refractivity contribution in [2.45, 2.75) is 19.0 Å². The number of aryl methyl sites for hydroxylation is 1. The van der Waals surface area contributed by atoms with Crippen LogP contribution in [0.15, 0.2) is 65.0 Å². The lowest BCUT2D eigenvalue weighted by Gasteiger charge is -2.21. The summed E-state index contributed by atoms with van der Waals surface area (Å²) in [6, 6.07) is 15.0. The number of rotatable bonds is 7. The second-order valence-electron chi connectivity index (χ2n) is 7.21. The highest BCUT2D eigenvalue weighted by Crippen LogP contribution is 2.31. The first-order valence-corrected chi connectivity index (χ1v) is 11.7. The molecule has 0 fully saturated rings. The van der Waals surface area contributed by atoms with E-state index < -0.39 is 5.97 Å². The number of carbonyl (C=O) groups is 2. The molecular weight excluding hydrogens is 462 g/mol. The third-order valence-electron chi connectivity index (χ3n) is 5.01. The van der Waals surface area contributed by atoms with Crippen LogP contribution in [0, 0.1) is 6.92 Å². The molecule has 0 saturated heterocycles. The van der Waals surface area contributed by atoms with Gasteiger partial charge in [0.25, 0.3) is 0 Å². The Bertz CT molecular complexity index is 1220. The topological polar surface area (TPSA) is 98.1 Å². The number of para-hydroxylation sites is 1. The number of hydrogen-bond acceptors (Lipinski definition) is 6. The van der Waals surface area contributed by atoms with Crippen molar-refractivity contribution in [1.82, 2.24) is 25.4 Å². The Morgan fingerprint density at radius 3 is 2.67 bits per heavy atom. The molecule has 33 heavy (non-hydrogen) atoms. The van der Waals surface area contributed by atoms with Crippen LogP contribution in [0.4, 0.5) is 4.79 Å². The Hall–Kier alpha value is -3.30. The quantitative estimate of drug-likeness (QED) is 0.387. The van der Waals surface area contributed by atoms with Gasteiger partial charge in [-0.3, -0.25) is 4.57 Å². The van der Waals surface area contributed by atoms with E-state index in [0.717, 1.165) is 16.8 Å². The summed E-state index contributed by atoms with van der Waals surface area (Å²) in [6.07, 6.45) is 0. The second-order valence-corrected chi connectivity index (χ2v) is 8.59. The average Bonchev–Trinajstić information content (AvgIpc) is 3.22. The van der Waals surface area contributed by atoms with E-state index in [9.17, 15) is 9.59 Å². The zero-order valence-electron chi connectivity index (χ0n) is 18.1. The summed E-state index contributed by atoms with van der Waals surface area (Å²) in [4.78, 5) is 24.3. The van der Waals surface area contributed by atoms with E-state index in [1.807, 2.05) is 60.0 Å². The van der Waals surface area contributed by atoms with Crippen LogP contribution in [0.2, 0.25) is 5.02 Å². The second kappa shape index (κ2) is 10.1. The molecule has 2 N–H and O–H groups in total. The van der Waals surface area contributed by atoms with Crippen LogP contribution in [0.3, 0.4) is 0 Å². The van der Waals surface area contributed by atoms with E-state index in [1.54, 1.807) is 6.92 Å². The summed E-state index contributed by atoms with van der Waals surface area (Å²) >= 11 is 7.44. The van der Waals surface area contributed by atoms with Gasteiger partial charge >= 0.3 is 12.0 Å². The standard InChI is InChI=1S/C23H22ClN5O3S/c1-3-32-21(30)17-12-25-22(31)26-18(17)13-33-23-28-27-20(15-8-10-16(24)11-9-15)29(23)19-7-5-4-6-14(19)2/h4-11H,3,12-13H2,1-2H3,(H2,25,26,31). The molecule has 1 aromatic heterocycles. The molecule has 0 aliphatic carbocycles. The summed E-state index contributed by atoms with van der Waals surface area (Å²) < 4.78 is 7.11. The van der Waals surface area contributed by atoms with E-state index in [0.29, 0.717) is 33.0 Å². The van der Waals surface area contributed by atoms with Gasteiger partial charge in [-0.2, -0.15) is 0 Å². The number of carbonyl (C=O) groups excluding carboxylic acids is 2. The molecule has 0 spiro atoms. The number of ether oxygens (including phenoxy) is 1. The number of halogens is 1. The van der Waals surface area contributed by atoms with Crippen molar-refractivity contribution < 1.29 is 14.3 Å². The summed E-state index contributed by atoms with van der Waals surface area (Å²) in [5, 5.41) is 15.5. The Morgan fingerprint density at radius 1 is 1.18 bits per heavy atom. The van der Waals surface area contributed by atoms with Gasteiger partial charge in [0.15, 0.2) is 11.0 Å². The van der Waals surface area contributed by atoms with Crippen molar-refractivity contribution in [2.75, 3.05) is 18.9 Å². The molecule has 1 aliphatic rings. The van der Waals surface area contributed by atoms with E-state index in [2.05, 4.69) is 20.8 Å². The number of thioether (sulfide) groups is 1. The van der Waals surface area contributed by atoms with Gasteiger partial charge in [0.2, 0.25) is 0 Å². The fourth-order valence-corrected chi connectivity index (χ4v) is 4.44. The SMILES string of the molecule is CCOC(=O)C1=C(CSc2nnc(-c3ccc(Cl)cc3)n2-c2ccccc2C)NC(=O)NC1. The molecular formula is C23H22ClN5O3S. The minimum Gasteiger partial charge on any atom is -0.463 e. The molecule has 170 valence electrons. The number of aromatic nitrogens is 3. The Labute approximate surface area is 200 Å². The van der Waals surface area contributed by atoms with Gasteiger partial charge in [0.05, 0.1) is 24.4 Å². The molecule has 1 aliphatic heterocycles. The highest BCUT2D eigenvalue weighted by atomic mass is 35.5. The smallest absolute Gasteiger partial charge is 0.337 e. The maximum atomic E-state index is 12.4. The molecule has 0 radical (unpaired) electrons. The molecule has 3 aromatic rings. The van der Waals surface area contributed by atoms with E-state index in [4.69, 9.17) is 16.3 Å². The van der Waals surface area contributed by atoms with Gasteiger partial charge in [-0.15, -0.1) is 10.2 Å². The number of esters is 1. The first-order valence-electron chi connectivity index (χ1n) is 10.3. The lowest BCUT2D eigenvalue weighted by atomic mass is 10.1. The summed E-state index contributed by atoms with van der Waals surface area (Å²) in [5.41, 5.74) is 3.74. The van der Waals surface area contributed by atoms with Crippen LogP contribution in [-0.4, -0.2) is 45.7 Å². The van der Waals surface area contributed by atoms with Gasteiger partial charge in [-0.05, 0) is 49.7 Å². The third-order valence-corrected chi connectivity index (χ3v) is 6.22. The van der Waals surface area contributed by atoms with Gasteiger partial charge in [0, 0.05) is 22.0 Å². The highest BCUT2D eigenvalue weighted by Gasteiger charge is 2.25. The van der Waals surface area contributed by atoms with Gasteiger partial charge in [-0.1, -0.05) is 41.6 Å². The fourth-order valence-electron chi connectivity index (χ4n) is 3.39. The number of hydrogen-bond donors (Lipinski definition) is 2. The number of urea groups is 1. The van der Waals surface area contributed by atoms with Gasteiger partial charge in [-0.25, -0.2) is 9.59 Å². The monoisotopic (exact) mass is 483 g/mol. The van der Waals surface area contributed by atoms with Crippen molar-refractivity contribution in [3.05, 3.63) is 70.4 Å². The van der Waals surface area contributed by atoms with Crippen molar-refractivity contribution in [1.29, 1.82) is 0 Å². The molecule has 2 heterocycles. The molecule has 0 unspecified atom stereocenters. The van der Waals surface area contributed by atoms with E-state index in [-0.39, 0.29) is 19.2 Å². The first-order chi connectivity index (χ1) is 16.0. The normalized spacial score (nSPS) is 13.5. The Balaban J connectivity index is 1.72. The van der Waals surface area contributed by atoms with Crippen molar-refractivity contribution in [2.24, 2.45) is 0 Å². The van der Waals surface area contributed by atoms with Gasteiger partial charge in [0.1, 0.15) is 0 Å². The summed E-state index contributed by atoms with van der Waals surface area (Å²) in [5.74, 6) is 0.520. The number of benzene rings is 2. The molecule has 4 rings (SSSR count). The van der Waals surface area contributed by atoms with Crippen molar-refractivity contribution in [3.63, 3.8) is 0 Å². The summed E-state index contributed by atoms with van der Waals surface area (Å²) in [6.45, 7) is 4.12. The van der Waals surface area contributed by atoms with Crippen molar-refractivity contribution >= 4 is 35.4 Å². The van der Waals surface area contributed by atoms with Crippen LogP contribution in [-0.2, 0) is 9.53 Å². The van der Waals surface area contributed by atoms with Crippen LogP contribution in [0.25, 0.3) is 17.1 Å². The predicted octanol–water partition coefficient (Wildman–Crippen LogP) is 4.12. The van der Waals surface area contributed by atoms with Crippen LogP contribution >= 0.6 is 23.4 Å². The van der Waals surface area contributed by atoms with E-state index in [1.165, 1.54) is 11.8 Å². The minimum atomic E-state index is -0.456. The lowest BCUT2D eigenvalue weighted by molar-refractivity contribution is -0.138. The van der Waals surface area contributed by atoms with Gasteiger partial charge < -0.3 is 15.4 Å². The molecule has 0 saturated carbocycles. The zero-order chi connectivity index (χ0) is 23.4. The number of nitrogens with one attached hydrogen (secondary N) is 2. The fraction of sp³-hybridized carbons (Fsp3) is 0.217. The molecule has 2 amide bonds. The predicted molar refractivity (Wildman–Crippen MR) is 127 cm³/mol. The largest absolute Gasteiger partial charge is 0.463 e. The minimum absolute atomic E-state index is 0.112. The molecule has 10 heteroatoms. The average molecular weight is 484 g/mol. The summed E-state index contributed by atoms with van der Waals surface area (Å²) in [7, 11) is 0. The molecule has 2 aromatic carbocycles. The van der Waals surface area contributed by atoms with Crippen molar-refractivity contribution in [3.8, 4) is 17.1 Å². The van der Waals surface area contributed by atoms with E-state index >= 15 is 0 Å². The molecule has 8 nitrogen and oxygen atoms in total. The number of amides is 2. The zero-order valence-corrected chi connectivity index (χ0v) is 19.7. The maximum Gasteiger partial charge on any atom is 0.337 e. The Kier molecular flexibility index (Phi) is 7.00. The third kappa shape index (κ3) is 5.04. The molecule has 0 atom stereocenters. The maximum absolute atomic E-state index is 12.4. The Morgan fingerprint density at radius 2 is 1.94 bits per heavy atom. The molecule has 0 bridgehead atoms.